The van der Waals surface area contributed by atoms with Crippen molar-refractivity contribution in [2.75, 3.05) is 31.1 Å². The van der Waals surface area contributed by atoms with Gasteiger partial charge in [0.25, 0.3) is 0 Å². The summed E-state index contributed by atoms with van der Waals surface area (Å²) < 4.78 is 0. The molecule has 0 N–H and O–H groups in total. The second-order valence-corrected chi connectivity index (χ2v) is 10.4. The van der Waals surface area contributed by atoms with Crippen molar-refractivity contribution in [3.05, 3.63) is 69.8 Å². The number of hydrogen-bond acceptors (Lipinski definition) is 6. The summed E-state index contributed by atoms with van der Waals surface area (Å²) in [6.45, 7) is 4.88. The van der Waals surface area contributed by atoms with Crippen LogP contribution < -0.4 is 4.90 Å². The second-order valence-electron chi connectivity index (χ2n) is 8.89. The summed E-state index contributed by atoms with van der Waals surface area (Å²) in [4.78, 5) is 22.0. The average Bonchev–Trinajstić information content (AvgIpc) is 3.23. The van der Waals surface area contributed by atoms with Crippen LogP contribution in [0.2, 0.25) is 5.02 Å². The molecule has 33 heavy (non-hydrogen) atoms. The Balaban J connectivity index is 1.32. The van der Waals surface area contributed by atoms with Gasteiger partial charge in [-0.15, -0.1) is 11.3 Å². The van der Waals surface area contributed by atoms with Crippen LogP contribution in [0.5, 0.6) is 0 Å². The standard InChI is InChI=1S/C26H26ClN5S/c27-20-5-3-4-18(16-20)17-31-12-14-32(15-13-31)25-23-21-6-1-2-7-22(21)33-26(23)30-24(29-25)19-8-10-28-11-9-19/h3-5,8-11,16H,1-2,6-7,12-15,17H2. The Hall–Kier alpha value is -2.54. The van der Waals surface area contributed by atoms with E-state index in [1.807, 2.05) is 48.0 Å². The molecule has 0 spiro atoms. The van der Waals surface area contributed by atoms with Crippen molar-refractivity contribution in [1.82, 2.24) is 19.9 Å². The Morgan fingerprint density at radius 3 is 2.58 bits per heavy atom. The van der Waals surface area contributed by atoms with Gasteiger partial charge in [-0.1, -0.05) is 23.7 Å². The normalized spacial score (nSPS) is 16.8. The number of fused-ring (bicyclic) bond motifs is 3. The van der Waals surface area contributed by atoms with Gasteiger partial charge in [0.05, 0.1) is 5.39 Å². The summed E-state index contributed by atoms with van der Waals surface area (Å²) in [5.41, 5.74) is 3.80. The smallest absolute Gasteiger partial charge is 0.163 e. The SMILES string of the molecule is Clc1cccc(CN2CCN(c3nc(-c4ccncc4)nc4sc5c(c34)CCCC5)CC2)c1. The lowest BCUT2D eigenvalue weighted by atomic mass is 9.96. The lowest BCUT2D eigenvalue weighted by molar-refractivity contribution is 0.249. The predicted octanol–water partition coefficient (Wildman–Crippen LogP) is 5.61. The second kappa shape index (κ2) is 9.01. The van der Waals surface area contributed by atoms with Gasteiger partial charge in [0.1, 0.15) is 10.6 Å². The first kappa shape index (κ1) is 21.0. The number of piperazine rings is 1. The molecule has 0 bridgehead atoms. The Kier molecular flexibility index (Phi) is 5.74. The molecule has 0 unspecified atom stereocenters. The first-order chi connectivity index (χ1) is 16.2. The number of nitrogens with zero attached hydrogens (tertiary/aromatic N) is 5. The Labute approximate surface area is 203 Å². The molecule has 7 heteroatoms. The van der Waals surface area contributed by atoms with Crippen molar-refractivity contribution in [2.24, 2.45) is 0 Å². The minimum atomic E-state index is 0.805. The molecule has 1 aromatic carbocycles. The summed E-state index contributed by atoms with van der Waals surface area (Å²) in [5, 5.41) is 2.11. The van der Waals surface area contributed by atoms with Gasteiger partial charge in [-0.2, -0.15) is 0 Å². The van der Waals surface area contributed by atoms with Crippen LogP contribution in [0.1, 0.15) is 28.8 Å². The molecule has 2 aliphatic rings. The number of halogens is 1. The molecule has 168 valence electrons. The first-order valence-electron chi connectivity index (χ1n) is 11.7. The number of anilines is 1. The Morgan fingerprint density at radius 2 is 1.76 bits per heavy atom. The molecule has 0 saturated carbocycles. The average molecular weight is 476 g/mol. The highest BCUT2D eigenvalue weighted by Gasteiger charge is 2.26. The van der Waals surface area contributed by atoms with Crippen molar-refractivity contribution < 1.29 is 0 Å². The van der Waals surface area contributed by atoms with Gasteiger partial charge in [-0.25, -0.2) is 9.97 Å². The van der Waals surface area contributed by atoms with Crippen molar-refractivity contribution in [3.8, 4) is 11.4 Å². The van der Waals surface area contributed by atoms with Gasteiger partial charge in [-0.05, 0) is 61.1 Å². The quantitative estimate of drug-likeness (QED) is 0.384. The van der Waals surface area contributed by atoms with Crippen molar-refractivity contribution >= 4 is 39.0 Å². The number of aryl methyl sites for hydroxylation is 2. The monoisotopic (exact) mass is 475 g/mol. The lowest BCUT2D eigenvalue weighted by Gasteiger charge is -2.36. The highest BCUT2D eigenvalue weighted by molar-refractivity contribution is 7.19. The molecule has 1 saturated heterocycles. The first-order valence-corrected chi connectivity index (χ1v) is 12.9. The molecule has 0 atom stereocenters. The third kappa shape index (κ3) is 4.23. The summed E-state index contributed by atoms with van der Waals surface area (Å²) in [6.07, 6.45) is 8.50. The van der Waals surface area contributed by atoms with E-state index in [2.05, 4.69) is 26.9 Å². The van der Waals surface area contributed by atoms with Gasteiger partial charge in [0.2, 0.25) is 0 Å². The molecule has 0 radical (unpaired) electrons. The fraction of sp³-hybridized carbons (Fsp3) is 0.346. The van der Waals surface area contributed by atoms with Crippen LogP contribution in [-0.2, 0) is 19.4 Å². The number of pyridine rings is 1. The van der Waals surface area contributed by atoms with E-state index in [1.54, 1.807) is 0 Å². The molecule has 0 amide bonds. The lowest BCUT2D eigenvalue weighted by Crippen LogP contribution is -2.46. The van der Waals surface area contributed by atoms with Crippen LogP contribution in [0, 0.1) is 0 Å². The third-order valence-corrected chi connectivity index (χ3v) is 8.12. The molecule has 1 fully saturated rings. The fourth-order valence-electron chi connectivity index (χ4n) is 5.01. The van der Waals surface area contributed by atoms with E-state index >= 15 is 0 Å². The van der Waals surface area contributed by atoms with E-state index in [-0.39, 0.29) is 0 Å². The molecular weight excluding hydrogens is 450 g/mol. The number of aromatic nitrogens is 3. The van der Waals surface area contributed by atoms with E-state index in [0.29, 0.717) is 0 Å². The van der Waals surface area contributed by atoms with Crippen LogP contribution in [0.4, 0.5) is 5.82 Å². The molecule has 1 aliphatic heterocycles. The molecule has 4 aromatic rings. The highest BCUT2D eigenvalue weighted by Crippen LogP contribution is 2.41. The highest BCUT2D eigenvalue weighted by atomic mass is 35.5. The van der Waals surface area contributed by atoms with E-state index < -0.39 is 0 Å². The fourth-order valence-corrected chi connectivity index (χ4v) is 6.48. The maximum atomic E-state index is 6.19. The zero-order valence-electron chi connectivity index (χ0n) is 18.5. The van der Waals surface area contributed by atoms with Crippen LogP contribution in [0.3, 0.4) is 0 Å². The summed E-state index contributed by atoms with van der Waals surface area (Å²) >= 11 is 8.06. The van der Waals surface area contributed by atoms with Gasteiger partial charge >= 0.3 is 0 Å². The minimum Gasteiger partial charge on any atom is -0.353 e. The predicted molar refractivity (Wildman–Crippen MR) is 136 cm³/mol. The van der Waals surface area contributed by atoms with Gasteiger partial charge in [-0.3, -0.25) is 9.88 Å². The number of benzene rings is 1. The molecule has 4 heterocycles. The van der Waals surface area contributed by atoms with Crippen LogP contribution in [0.25, 0.3) is 21.6 Å². The molecule has 6 rings (SSSR count). The maximum Gasteiger partial charge on any atom is 0.163 e. The summed E-state index contributed by atoms with van der Waals surface area (Å²) in [5.74, 6) is 1.92. The number of hydrogen-bond donors (Lipinski definition) is 0. The molecule has 1 aliphatic carbocycles. The van der Waals surface area contributed by atoms with Gasteiger partial charge in [0.15, 0.2) is 5.82 Å². The maximum absolute atomic E-state index is 6.19. The minimum absolute atomic E-state index is 0.805. The Bertz CT molecular complexity index is 1280. The van der Waals surface area contributed by atoms with E-state index in [4.69, 9.17) is 21.6 Å². The topological polar surface area (TPSA) is 45.2 Å². The van der Waals surface area contributed by atoms with E-state index in [0.717, 1.165) is 66.2 Å². The zero-order chi connectivity index (χ0) is 22.2. The largest absolute Gasteiger partial charge is 0.353 e. The zero-order valence-corrected chi connectivity index (χ0v) is 20.1. The Morgan fingerprint density at radius 1 is 0.939 bits per heavy atom. The molecule has 3 aromatic heterocycles. The number of rotatable bonds is 4. The van der Waals surface area contributed by atoms with Gasteiger partial charge < -0.3 is 4.90 Å². The van der Waals surface area contributed by atoms with Crippen LogP contribution >= 0.6 is 22.9 Å². The molecular formula is C26H26ClN5S. The van der Waals surface area contributed by atoms with Crippen LogP contribution in [0.15, 0.2) is 48.8 Å². The van der Waals surface area contributed by atoms with Crippen LogP contribution in [-0.4, -0.2) is 46.0 Å². The summed E-state index contributed by atoms with van der Waals surface area (Å²) in [7, 11) is 0. The van der Waals surface area contributed by atoms with Crippen molar-refractivity contribution in [3.63, 3.8) is 0 Å². The van der Waals surface area contributed by atoms with Gasteiger partial charge in [0, 0.05) is 60.6 Å². The molecule has 5 nitrogen and oxygen atoms in total. The van der Waals surface area contributed by atoms with Crippen molar-refractivity contribution in [2.45, 2.75) is 32.2 Å². The van der Waals surface area contributed by atoms with E-state index in [1.165, 1.54) is 40.7 Å². The third-order valence-electron chi connectivity index (χ3n) is 6.70. The number of thiophene rings is 1. The van der Waals surface area contributed by atoms with Crippen molar-refractivity contribution in [1.29, 1.82) is 0 Å². The van der Waals surface area contributed by atoms with E-state index in [9.17, 15) is 0 Å². The summed E-state index contributed by atoms with van der Waals surface area (Å²) in [6, 6.07) is 12.2.